The van der Waals surface area contributed by atoms with E-state index in [2.05, 4.69) is 0 Å². The van der Waals surface area contributed by atoms with Crippen molar-refractivity contribution in [2.75, 3.05) is 32.1 Å². The number of hydrogen-bond donors (Lipinski definition) is 0. The van der Waals surface area contributed by atoms with Crippen LogP contribution in [-0.4, -0.2) is 38.0 Å². The molecule has 1 aromatic carbocycles. The molecule has 0 saturated heterocycles. The van der Waals surface area contributed by atoms with Gasteiger partial charge >= 0.3 is 0 Å². The molecule has 0 aromatic heterocycles. The molecule has 0 spiro atoms. The minimum atomic E-state index is -0.284. The molecule has 1 amide bonds. The van der Waals surface area contributed by atoms with E-state index >= 15 is 0 Å². The van der Waals surface area contributed by atoms with E-state index in [-0.39, 0.29) is 18.3 Å². The predicted molar refractivity (Wildman–Crippen MR) is 63.0 cm³/mol. The average molecular weight is 224 g/mol. The van der Waals surface area contributed by atoms with Gasteiger partial charge in [-0.05, 0) is 25.1 Å². The van der Waals surface area contributed by atoms with E-state index in [1.807, 2.05) is 11.8 Å². The molecular weight excluding hydrogens is 207 g/mol. The summed E-state index contributed by atoms with van der Waals surface area (Å²) >= 11 is 0. The van der Waals surface area contributed by atoms with Crippen LogP contribution in [0.25, 0.3) is 0 Å². The zero-order valence-corrected chi connectivity index (χ0v) is 9.90. The van der Waals surface area contributed by atoms with E-state index in [4.69, 9.17) is 0 Å². The molecule has 88 valence electrons. The van der Waals surface area contributed by atoms with Gasteiger partial charge in [-0.15, -0.1) is 0 Å². The summed E-state index contributed by atoms with van der Waals surface area (Å²) in [5.74, 6) is -0.278. The summed E-state index contributed by atoms with van der Waals surface area (Å²) < 4.78 is 13.0. The molecule has 1 rings (SSSR count). The number of anilines is 1. The second-order valence-electron chi connectivity index (χ2n) is 3.78. The summed E-state index contributed by atoms with van der Waals surface area (Å²) in [6, 6.07) is 6.28. The van der Waals surface area contributed by atoms with E-state index < -0.39 is 0 Å². The first-order valence-corrected chi connectivity index (χ1v) is 5.25. The summed E-state index contributed by atoms with van der Waals surface area (Å²) in [4.78, 5) is 14.9. The fourth-order valence-corrected chi connectivity index (χ4v) is 1.36. The molecule has 0 N–H and O–H groups in total. The van der Waals surface area contributed by atoms with Crippen molar-refractivity contribution in [2.45, 2.75) is 6.92 Å². The van der Waals surface area contributed by atoms with Crippen molar-refractivity contribution in [3.05, 3.63) is 30.1 Å². The molecule has 0 radical (unpaired) electrons. The Bertz CT molecular complexity index is 366. The molecule has 0 bridgehead atoms. The number of hydrogen-bond acceptors (Lipinski definition) is 2. The molecule has 1 aromatic rings. The number of benzene rings is 1. The topological polar surface area (TPSA) is 23.6 Å². The van der Waals surface area contributed by atoms with Gasteiger partial charge in [0.25, 0.3) is 0 Å². The van der Waals surface area contributed by atoms with Crippen LogP contribution in [0.3, 0.4) is 0 Å². The quantitative estimate of drug-likeness (QED) is 0.777. The maximum atomic E-state index is 13.0. The second-order valence-corrected chi connectivity index (χ2v) is 3.78. The summed E-state index contributed by atoms with van der Waals surface area (Å²) in [5, 5.41) is 0. The van der Waals surface area contributed by atoms with E-state index in [9.17, 15) is 9.18 Å². The Labute approximate surface area is 95.5 Å². The van der Waals surface area contributed by atoms with E-state index in [1.54, 1.807) is 26.2 Å². The highest BCUT2D eigenvalue weighted by Gasteiger charge is 2.11. The van der Waals surface area contributed by atoms with Gasteiger partial charge in [0, 0.05) is 26.3 Å². The molecule has 0 saturated carbocycles. The van der Waals surface area contributed by atoms with Gasteiger partial charge in [-0.3, -0.25) is 4.79 Å². The Balaban J connectivity index is 2.78. The number of nitrogens with zero attached hydrogens (tertiary/aromatic N) is 2. The Kier molecular flexibility index (Phi) is 4.28. The Morgan fingerprint density at radius 2 is 2.06 bits per heavy atom. The van der Waals surface area contributed by atoms with Gasteiger partial charge < -0.3 is 9.80 Å². The third-order valence-corrected chi connectivity index (χ3v) is 2.38. The summed E-state index contributed by atoms with van der Waals surface area (Å²) in [7, 11) is 3.42. The standard InChI is InChI=1S/C12H17FN2O/c1-4-15(9-12(16)14(2)3)11-7-5-6-10(13)8-11/h5-8H,4,9H2,1-3H3. The largest absolute Gasteiger partial charge is 0.362 e. The van der Waals surface area contributed by atoms with Gasteiger partial charge in [0.2, 0.25) is 5.91 Å². The van der Waals surface area contributed by atoms with Crippen LogP contribution in [0.1, 0.15) is 6.92 Å². The Hall–Kier alpha value is -1.58. The Morgan fingerprint density at radius 1 is 1.38 bits per heavy atom. The maximum absolute atomic E-state index is 13.0. The monoisotopic (exact) mass is 224 g/mol. The first-order chi connectivity index (χ1) is 7.54. The highest BCUT2D eigenvalue weighted by Crippen LogP contribution is 2.15. The van der Waals surface area contributed by atoms with Gasteiger partial charge in [0.1, 0.15) is 5.82 Å². The summed E-state index contributed by atoms with van der Waals surface area (Å²) in [6.07, 6.45) is 0. The zero-order valence-electron chi connectivity index (χ0n) is 9.90. The molecule has 0 aliphatic carbocycles. The number of likely N-dealkylation sites (N-methyl/N-ethyl adjacent to an activating group) is 2. The molecular formula is C12H17FN2O. The van der Waals surface area contributed by atoms with Crippen molar-refractivity contribution >= 4 is 11.6 Å². The highest BCUT2D eigenvalue weighted by atomic mass is 19.1. The van der Waals surface area contributed by atoms with Crippen molar-refractivity contribution in [3.8, 4) is 0 Å². The molecule has 0 aliphatic rings. The smallest absolute Gasteiger partial charge is 0.241 e. The lowest BCUT2D eigenvalue weighted by Gasteiger charge is -2.24. The van der Waals surface area contributed by atoms with Crippen molar-refractivity contribution in [2.24, 2.45) is 0 Å². The zero-order chi connectivity index (χ0) is 12.1. The van der Waals surface area contributed by atoms with Gasteiger partial charge in [-0.2, -0.15) is 0 Å². The predicted octanol–water partition coefficient (Wildman–Crippen LogP) is 1.74. The first-order valence-electron chi connectivity index (χ1n) is 5.25. The normalized spacial score (nSPS) is 10.0. The molecule has 0 unspecified atom stereocenters. The van der Waals surface area contributed by atoms with E-state index in [0.29, 0.717) is 6.54 Å². The number of halogens is 1. The fourth-order valence-electron chi connectivity index (χ4n) is 1.36. The van der Waals surface area contributed by atoms with Gasteiger partial charge in [-0.25, -0.2) is 4.39 Å². The lowest BCUT2D eigenvalue weighted by Crippen LogP contribution is -2.36. The molecule has 3 nitrogen and oxygen atoms in total. The molecule has 0 aliphatic heterocycles. The second kappa shape index (κ2) is 5.49. The van der Waals surface area contributed by atoms with Crippen molar-refractivity contribution in [1.82, 2.24) is 4.90 Å². The minimum absolute atomic E-state index is 0.00566. The van der Waals surface area contributed by atoms with E-state index in [1.165, 1.54) is 17.0 Å². The van der Waals surface area contributed by atoms with Crippen molar-refractivity contribution in [3.63, 3.8) is 0 Å². The number of rotatable bonds is 4. The third-order valence-electron chi connectivity index (χ3n) is 2.38. The molecule has 4 heteroatoms. The van der Waals surface area contributed by atoms with Crippen molar-refractivity contribution < 1.29 is 9.18 Å². The first kappa shape index (κ1) is 12.5. The molecule has 0 atom stereocenters. The van der Waals surface area contributed by atoms with Gasteiger partial charge in [0.15, 0.2) is 0 Å². The van der Waals surface area contributed by atoms with Crippen LogP contribution in [0, 0.1) is 5.82 Å². The SMILES string of the molecule is CCN(CC(=O)N(C)C)c1cccc(F)c1. The minimum Gasteiger partial charge on any atom is -0.362 e. The number of carbonyl (C=O) groups is 1. The Morgan fingerprint density at radius 3 is 2.56 bits per heavy atom. The molecule has 0 fully saturated rings. The van der Waals surface area contributed by atoms with Crippen LogP contribution in [0.5, 0.6) is 0 Å². The van der Waals surface area contributed by atoms with Crippen LogP contribution in [0.2, 0.25) is 0 Å². The maximum Gasteiger partial charge on any atom is 0.241 e. The van der Waals surface area contributed by atoms with Gasteiger partial charge in [0.05, 0.1) is 6.54 Å². The summed E-state index contributed by atoms with van der Waals surface area (Å²) in [5.41, 5.74) is 0.734. The fraction of sp³-hybridized carbons (Fsp3) is 0.417. The third kappa shape index (κ3) is 3.22. The van der Waals surface area contributed by atoms with Crippen molar-refractivity contribution in [1.29, 1.82) is 0 Å². The average Bonchev–Trinajstić information content (AvgIpc) is 2.25. The van der Waals surface area contributed by atoms with Crippen LogP contribution < -0.4 is 4.90 Å². The lowest BCUT2D eigenvalue weighted by molar-refractivity contribution is -0.127. The highest BCUT2D eigenvalue weighted by molar-refractivity contribution is 5.80. The van der Waals surface area contributed by atoms with Crippen LogP contribution in [0.15, 0.2) is 24.3 Å². The van der Waals surface area contributed by atoms with Crippen LogP contribution >= 0.6 is 0 Å². The molecule has 0 heterocycles. The summed E-state index contributed by atoms with van der Waals surface area (Å²) in [6.45, 7) is 2.88. The molecule has 16 heavy (non-hydrogen) atoms. The van der Waals surface area contributed by atoms with Gasteiger partial charge in [-0.1, -0.05) is 6.07 Å². The number of carbonyl (C=O) groups excluding carboxylic acids is 1. The number of amides is 1. The van der Waals surface area contributed by atoms with Crippen LogP contribution in [-0.2, 0) is 4.79 Å². The van der Waals surface area contributed by atoms with E-state index in [0.717, 1.165) is 5.69 Å². The lowest BCUT2D eigenvalue weighted by atomic mass is 10.2. The van der Waals surface area contributed by atoms with Crippen LogP contribution in [0.4, 0.5) is 10.1 Å².